The first-order valence-corrected chi connectivity index (χ1v) is 9.10. The lowest BCUT2D eigenvalue weighted by Gasteiger charge is -2.33. The van der Waals surface area contributed by atoms with E-state index in [9.17, 15) is 0 Å². The standard InChI is InChI=1S/C17H22N6S/c24-11-18-7-12-1-3-14(4-2-12)23-9-13(8-22-23)16-15-5-6-19-17(15)21-10-20-16/h9-10,12,14,22H,1-8H2,(H,19,20,21). The molecule has 0 saturated heterocycles. The van der Waals surface area contributed by atoms with Crippen molar-refractivity contribution in [2.75, 3.05) is 25.0 Å². The summed E-state index contributed by atoms with van der Waals surface area (Å²) in [4.78, 5) is 13.0. The number of rotatable bonds is 4. The Balaban J connectivity index is 1.43. The van der Waals surface area contributed by atoms with Crippen LogP contribution >= 0.6 is 12.2 Å². The molecule has 3 heterocycles. The van der Waals surface area contributed by atoms with Crippen LogP contribution in [0.2, 0.25) is 0 Å². The fourth-order valence-electron chi connectivity index (χ4n) is 3.97. The van der Waals surface area contributed by atoms with Gasteiger partial charge in [-0.3, -0.25) is 0 Å². The third kappa shape index (κ3) is 3.07. The molecule has 2 aliphatic heterocycles. The Morgan fingerprint density at radius 2 is 2.17 bits per heavy atom. The average molecular weight is 342 g/mol. The number of anilines is 1. The Hall–Kier alpha value is -1.82. The lowest BCUT2D eigenvalue weighted by Crippen LogP contribution is -2.40. The molecule has 4 rings (SSSR count). The van der Waals surface area contributed by atoms with Gasteiger partial charge in [0.05, 0.1) is 17.4 Å². The second-order valence-corrected chi connectivity index (χ2v) is 6.91. The number of fused-ring (bicyclic) bond motifs is 1. The van der Waals surface area contributed by atoms with Gasteiger partial charge < -0.3 is 10.3 Å². The van der Waals surface area contributed by atoms with Gasteiger partial charge in [0, 0.05) is 36.5 Å². The van der Waals surface area contributed by atoms with Crippen molar-refractivity contribution in [2.24, 2.45) is 10.9 Å². The van der Waals surface area contributed by atoms with Crippen LogP contribution in [0.1, 0.15) is 36.9 Å². The highest BCUT2D eigenvalue weighted by atomic mass is 32.1. The minimum atomic E-state index is 0.559. The third-order valence-electron chi connectivity index (χ3n) is 5.29. The largest absolute Gasteiger partial charge is 0.369 e. The van der Waals surface area contributed by atoms with Gasteiger partial charge in [-0.2, -0.15) is 0 Å². The molecule has 0 bridgehead atoms. The van der Waals surface area contributed by atoms with Gasteiger partial charge >= 0.3 is 0 Å². The lowest BCUT2D eigenvalue weighted by atomic mass is 9.86. The minimum Gasteiger partial charge on any atom is -0.369 e. The highest BCUT2D eigenvalue weighted by Gasteiger charge is 2.28. The number of aliphatic imine (C=N–C) groups is 1. The van der Waals surface area contributed by atoms with E-state index in [2.05, 4.69) is 54.3 Å². The number of hydrogen-bond donors (Lipinski definition) is 2. The van der Waals surface area contributed by atoms with Crippen LogP contribution in [0.3, 0.4) is 0 Å². The summed E-state index contributed by atoms with van der Waals surface area (Å²) in [5, 5.41) is 8.11. The molecular weight excluding hydrogens is 320 g/mol. The molecule has 126 valence electrons. The molecule has 1 aromatic heterocycles. The van der Waals surface area contributed by atoms with E-state index < -0.39 is 0 Å². The fraction of sp³-hybridized carbons (Fsp3) is 0.588. The number of nitrogens with zero attached hydrogens (tertiary/aromatic N) is 4. The van der Waals surface area contributed by atoms with Crippen LogP contribution in [0, 0.1) is 5.92 Å². The monoisotopic (exact) mass is 342 g/mol. The molecule has 0 unspecified atom stereocenters. The molecule has 6 nitrogen and oxygen atoms in total. The Kier molecular flexibility index (Phi) is 4.56. The van der Waals surface area contributed by atoms with Crippen molar-refractivity contribution in [3.05, 3.63) is 23.8 Å². The van der Waals surface area contributed by atoms with Crippen LogP contribution in [0.25, 0.3) is 5.57 Å². The minimum absolute atomic E-state index is 0.559. The zero-order valence-electron chi connectivity index (χ0n) is 13.7. The maximum absolute atomic E-state index is 4.67. The molecule has 0 amide bonds. The second-order valence-electron chi connectivity index (χ2n) is 6.73. The number of isothiocyanates is 1. The van der Waals surface area contributed by atoms with Crippen molar-refractivity contribution < 1.29 is 0 Å². The Morgan fingerprint density at radius 3 is 3.00 bits per heavy atom. The summed E-state index contributed by atoms with van der Waals surface area (Å²) < 4.78 is 0. The van der Waals surface area contributed by atoms with Gasteiger partial charge in [-0.1, -0.05) is 0 Å². The zero-order valence-corrected chi connectivity index (χ0v) is 14.5. The van der Waals surface area contributed by atoms with Crippen LogP contribution < -0.4 is 10.7 Å². The topological polar surface area (TPSA) is 65.4 Å². The normalized spacial score (nSPS) is 25.7. The van der Waals surface area contributed by atoms with Crippen LogP contribution in [0.4, 0.5) is 5.82 Å². The predicted molar refractivity (Wildman–Crippen MR) is 97.7 cm³/mol. The van der Waals surface area contributed by atoms with Crippen LogP contribution in [0.15, 0.2) is 17.5 Å². The summed E-state index contributed by atoms with van der Waals surface area (Å²) in [5.74, 6) is 1.66. The van der Waals surface area contributed by atoms with Crippen molar-refractivity contribution in [3.8, 4) is 0 Å². The van der Waals surface area contributed by atoms with E-state index in [-0.39, 0.29) is 0 Å². The smallest absolute Gasteiger partial charge is 0.133 e. The van der Waals surface area contributed by atoms with Crippen molar-refractivity contribution in [1.82, 2.24) is 20.4 Å². The number of hydrogen-bond acceptors (Lipinski definition) is 7. The summed E-state index contributed by atoms with van der Waals surface area (Å²) in [6.07, 6.45) is 9.72. The highest BCUT2D eigenvalue weighted by molar-refractivity contribution is 7.78. The van der Waals surface area contributed by atoms with Gasteiger partial charge in [-0.25, -0.2) is 20.4 Å². The Labute approximate surface area is 147 Å². The zero-order chi connectivity index (χ0) is 16.4. The molecule has 1 aliphatic carbocycles. The molecule has 1 fully saturated rings. The van der Waals surface area contributed by atoms with Gasteiger partial charge in [-0.15, -0.1) is 0 Å². The average Bonchev–Trinajstić information content (AvgIpc) is 3.29. The molecule has 3 aliphatic rings. The molecule has 7 heteroatoms. The number of thiocarbonyl (C=S) groups is 1. The van der Waals surface area contributed by atoms with Gasteiger partial charge in [0.25, 0.3) is 0 Å². The summed E-state index contributed by atoms with van der Waals surface area (Å²) >= 11 is 4.67. The van der Waals surface area contributed by atoms with Gasteiger partial charge in [0.1, 0.15) is 12.1 Å². The summed E-state index contributed by atoms with van der Waals surface area (Å²) in [5.41, 5.74) is 7.16. The van der Waals surface area contributed by atoms with Crippen molar-refractivity contribution in [3.63, 3.8) is 0 Å². The van der Waals surface area contributed by atoms with E-state index in [1.807, 2.05) is 0 Å². The maximum Gasteiger partial charge on any atom is 0.133 e. The predicted octanol–water partition coefficient (Wildman–Crippen LogP) is 2.27. The molecule has 24 heavy (non-hydrogen) atoms. The van der Waals surface area contributed by atoms with E-state index in [0.717, 1.165) is 37.6 Å². The Morgan fingerprint density at radius 1 is 1.29 bits per heavy atom. The second kappa shape index (κ2) is 6.97. The van der Waals surface area contributed by atoms with E-state index >= 15 is 0 Å². The van der Waals surface area contributed by atoms with E-state index in [1.165, 1.54) is 36.8 Å². The third-order valence-corrected chi connectivity index (χ3v) is 5.42. The molecule has 0 aromatic carbocycles. The summed E-state index contributed by atoms with van der Waals surface area (Å²) in [6.45, 7) is 2.64. The van der Waals surface area contributed by atoms with E-state index in [0.29, 0.717) is 12.0 Å². The van der Waals surface area contributed by atoms with Crippen LogP contribution in [0.5, 0.6) is 0 Å². The summed E-state index contributed by atoms with van der Waals surface area (Å²) in [7, 11) is 0. The quantitative estimate of drug-likeness (QED) is 0.646. The molecule has 0 atom stereocenters. The number of nitrogens with one attached hydrogen (secondary N) is 2. The van der Waals surface area contributed by atoms with Crippen molar-refractivity contribution >= 4 is 28.8 Å². The first-order chi connectivity index (χ1) is 11.8. The molecular formula is C17H22N6S. The SMILES string of the molecule is S=C=NCC1CCC(N2C=C(c3ncnc4c3CCN4)CN2)CC1. The van der Waals surface area contributed by atoms with E-state index in [4.69, 9.17) is 0 Å². The lowest BCUT2D eigenvalue weighted by molar-refractivity contribution is 0.154. The first-order valence-electron chi connectivity index (χ1n) is 8.69. The molecule has 0 radical (unpaired) electrons. The molecule has 2 N–H and O–H groups in total. The fourth-order valence-corrected chi connectivity index (χ4v) is 4.05. The summed E-state index contributed by atoms with van der Waals surface area (Å²) in [6, 6.07) is 0.559. The number of aromatic nitrogens is 2. The van der Waals surface area contributed by atoms with Crippen LogP contribution in [-0.4, -0.2) is 45.8 Å². The highest BCUT2D eigenvalue weighted by Crippen LogP contribution is 2.32. The first kappa shape index (κ1) is 15.7. The number of hydrazine groups is 1. The molecule has 0 spiro atoms. The van der Waals surface area contributed by atoms with Crippen LogP contribution in [-0.2, 0) is 6.42 Å². The van der Waals surface area contributed by atoms with Gasteiger partial charge in [0.2, 0.25) is 0 Å². The molecule has 1 aromatic rings. The maximum atomic E-state index is 4.67. The Bertz CT molecular complexity index is 688. The van der Waals surface area contributed by atoms with Crippen molar-refractivity contribution in [1.29, 1.82) is 0 Å². The van der Waals surface area contributed by atoms with Gasteiger partial charge in [-0.05, 0) is 50.2 Å². The van der Waals surface area contributed by atoms with Crippen molar-refractivity contribution in [2.45, 2.75) is 38.1 Å². The van der Waals surface area contributed by atoms with E-state index in [1.54, 1.807) is 6.33 Å². The van der Waals surface area contributed by atoms with Gasteiger partial charge in [0.15, 0.2) is 0 Å². The molecule has 1 saturated carbocycles.